The molecule has 0 saturated heterocycles. The van der Waals surface area contributed by atoms with Gasteiger partial charge in [0, 0.05) is 39.0 Å². The lowest BCUT2D eigenvalue weighted by Gasteiger charge is -2.33. The van der Waals surface area contributed by atoms with Crippen LogP contribution in [0.3, 0.4) is 0 Å². The molecule has 0 radical (unpaired) electrons. The summed E-state index contributed by atoms with van der Waals surface area (Å²) in [5.74, 6) is 0.402. The molecule has 0 saturated carbocycles. The minimum Gasteiger partial charge on any atom is -0.335 e. The molecular weight excluding hydrogens is 532 g/mol. The molecule has 3 atom stereocenters. The Kier molecular flexibility index (Phi) is 4.66. The van der Waals surface area contributed by atoms with Gasteiger partial charge in [-0.3, -0.25) is 4.90 Å². The zero-order valence-electron chi connectivity index (χ0n) is 21.3. The van der Waals surface area contributed by atoms with E-state index in [9.17, 15) is 0 Å². The number of para-hydroxylation sites is 5. The number of hydrogen-bond donors (Lipinski definition) is 0. The summed E-state index contributed by atoms with van der Waals surface area (Å²) in [6.45, 7) is 2.30. The van der Waals surface area contributed by atoms with E-state index < -0.39 is 0 Å². The van der Waals surface area contributed by atoms with Crippen molar-refractivity contribution in [3.05, 3.63) is 114 Å². The Morgan fingerprint density at radius 2 is 1.32 bits per heavy atom. The molecule has 5 heteroatoms. The van der Waals surface area contributed by atoms with E-state index in [2.05, 4.69) is 158 Å². The fourth-order valence-corrected chi connectivity index (χ4v) is 7.12. The van der Waals surface area contributed by atoms with Gasteiger partial charge in [0.1, 0.15) is 0 Å². The van der Waals surface area contributed by atoms with Gasteiger partial charge in [-0.25, -0.2) is 0 Å². The second kappa shape index (κ2) is 8.02. The predicted molar refractivity (Wildman–Crippen MR) is 163 cm³/mol. The molecule has 3 unspecified atom stereocenters. The van der Waals surface area contributed by atoms with Crippen molar-refractivity contribution in [2.45, 2.75) is 19.3 Å². The van der Waals surface area contributed by atoms with Gasteiger partial charge in [0.15, 0.2) is 6.29 Å². The Labute approximate surface area is 230 Å². The van der Waals surface area contributed by atoms with Crippen LogP contribution in [-0.2, 0) is 0 Å². The molecule has 3 heterocycles. The number of nitrogens with zero attached hydrogens (tertiary/aromatic N) is 4. The molecule has 0 N–H and O–H groups in total. The van der Waals surface area contributed by atoms with E-state index in [-0.39, 0.29) is 12.3 Å². The van der Waals surface area contributed by atoms with Crippen LogP contribution in [0.1, 0.15) is 13.0 Å². The van der Waals surface area contributed by atoms with Gasteiger partial charge < -0.3 is 14.4 Å². The highest BCUT2D eigenvalue weighted by molar-refractivity contribution is 9.11. The third-order valence-corrected chi connectivity index (χ3v) is 8.96. The van der Waals surface area contributed by atoms with Crippen LogP contribution in [0.2, 0.25) is 0 Å². The number of allylic oxidation sites excluding steroid dienone is 4. The predicted octanol–water partition coefficient (Wildman–Crippen LogP) is 8.84. The van der Waals surface area contributed by atoms with Gasteiger partial charge in [0.25, 0.3) is 0 Å². The van der Waals surface area contributed by atoms with Crippen molar-refractivity contribution in [2.24, 2.45) is 5.92 Å². The molecule has 1 aromatic heterocycles. The van der Waals surface area contributed by atoms with Crippen LogP contribution in [0.25, 0.3) is 21.8 Å². The first-order valence-electron chi connectivity index (χ1n) is 13.2. The monoisotopic (exact) mass is 558 g/mol. The summed E-state index contributed by atoms with van der Waals surface area (Å²) in [5.41, 5.74) is 8.74. The van der Waals surface area contributed by atoms with Crippen LogP contribution in [0, 0.1) is 5.92 Å². The SMILES string of the molecule is CC1C=CC(Br)=CC1n1c2ccccc2c2cc(N3c4ccccc4N4c5ccccc5N(C)C34)ccc21. The molecule has 4 nitrogen and oxygen atoms in total. The molecule has 0 bridgehead atoms. The van der Waals surface area contributed by atoms with Gasteiger partial charge in [0.2, 0.25) is 0 Å². The van der Waals surface area contributed by atoms with Gasteiger partial charge in [-0.15, -0.1) is 0 Å². The summed E-state index contributed by atoms with van der Waals surface area (Å²) in [7, 11) is 2.20. The van der Waals surface area contributed by atoms with Gasteiger partial charge >= 0.3 is 0 Å². The Morgan fingerprint density at radius 3 is 2.11 bits per heavy atom. The van der Waals surface area contributed by atoms with E-state index >= 15 is 0 Å². The zero-order chi connectivity index (χ0) is 25.5. The Morgan fingerprint density at radius 1 is 0.684 bits per heavy atom. The number of aromatic nitrogens is 1. The number of rotatable bonds is 2. The lowest BCUT2D eigenvalue weighted by Crippen LogP contribution is -2.46. The fraction of sp³-hybridized carbons (Fsp3) is 0.152. The minimum absolute atomic E-state index is 0.0537. The second-order valence-electron chi connectivity index (χ2n) is 10.5. The smallest absolute Gasteiger partial charge is 0.189 e. The van der Waals surface area contributed by atoms with Crippen molar-refractivity contribution in [2.75, 3.05) is 21.7 Å². The molecule has 0 amide bonds. The van der Waals surface area contributed by atoms with Gasteiger partial charge in [-0.2, -0.15) is 0 Å². The number of hydrogen-bond acceptors (Lipinski definition) is 3. The molecule has 4 aromatic carbocycles. The van der Waals surface area contributed by atoms with E-state index in [0.717, 1.165) is 4.48 Å². The summed E-state index contributed by atoms with van der Waals surface area (Å²) >= 11 is 3.73. The normalized spacial score (nSPS) is 21.7. The molecule has 2 aliphatic heterocycles. The molecule has 38 heavy (non-hydrogen) atoms. The Balaban J connectivity index is 1.34. The van der Waals surface area contributed by atoms with Crippen molar-refractivity contribution < 1.29 is 0 Å². The number of fused-ring (bicyclic) bond motifs is 8. The average Bonchev–Trinajstić information content (AvgIpc) is 3.56. The molecule has 3 aliphatic rings. The maximum Gasteiger partial charge on any atom is 0.189 e. The van der Waals surface area contributed by atoms with Crippen LogP contribution < -0.4 is 14.7 Å². The van der Waals surface area contributed by atoms with Crippen molar-refractivity contribution in [1.29, 1.82) is 0 Å². The van der Waals surface area contributed by atoms with E-state index in [0.29, 0.717) is 5.92 Å². The average molecular weight is 560 g/mol. The van der Waals surface area contributed by atoms with Crippen LogP contribution in [-0.4, -0.2) is 17.9 Å². The topological polar surface area (TPSA) is 14.7 Å². The van der Waals surface area contributed by atoms with E-state index in [1.165, 1.54) is 50.2 Å². The minimum atomic E-state index is 0.0537. The van der Waals surface area contributed by atoms with E-state index in [4.69, 9.17) is 0 Å². The summed E-state index contributed by atoms with van der Waals surface area (Å²) in [5, 5.41) is 2.58. The molecule has 1 aliphatic carbocycles. The van der Waals surface area contributed by atoms with E-state index in [1.807, 2.05) is 0 Å². The quantitative estimate of drug-likeness (QED) is 0.215. The Bertz CT molecular complexity index is 1810. The molecule has 5 aromatic rings. The molecule has 186 valence electrons. The van der Waals surface area contributed by atoms with Crippen molar-refractivity contribution in [3.8, 4) is 0 Å². The highest BCUT2D eigenvalue weighted by Crippen LogP contribution is 2.55. The van der Waals surface area contributed by atoms with E-state index in [1.54, 1.807) is 0 Å². The number of halogens is 1. The zero-order valence-corrected chi connectivity index (χ0v) is 22.9. The highest BCUT2D eigenvalue weighted by Gasteiger charge is 2.46. The van der Waals surface area contributed by atoms with Gasteiger partial charge in [0.05, 0.1) is 28.8 Å². The molecule has 0 fully saturated rings. The molecule has 0 spiro atoms. The highest BCUT2D eigenvalue weighted by atomic mass is 79.9. The van der Waals surface area contributed by atoms with Crippen molar-refractivity contribution >= 4 is 66.2 Å². The lowest BCUT2D eigenvalue weighted by atomic mass is 9.96. The summed E-state index contributed by atoms with van der Waals surface area (Å²) in [6, 6.07) is 33.6. The molecule has 8 rings (SSSR count). The first-order valence-corrected chi connectivity index (χ1v) is 14.0. The lowest BCUT2D eigenvalue weighted by molar-refractivity contribution is 0.509. The summed E-state index contributed by atoms with van der Waals surface area (Å²) in [4.78, 5) is 7.35. The van der Waals surface area contributed by atoms with Crippen LogP contribution >= 0.6 is 15.9 Å². The maximum atomic E-state index is 3.73. The van der Waals surface area contributed by atoms with Crippen molar-refractivity contribution in [3.63, 3.8) is 0 Å². The van der Waals surface area contributed by atoms with Crippen LogP contribution in [0.4, 0.5) is 28.4 Å². The standard InChI is InChI=1S/C33H27BrN4/c1-21-15-16-22(34)19-32(21)37-26-10-4-3-9-24(26)25-20-23(17-18-27(25)37)36-30-13-7-8-14-31(30)38-29-12-6-5-11-28(29)35(2)33(36)38/h3-21,32-33H,1-2H3. The summed E-state index contributed by atoms with van der Waals surface area (Å²) in [6.07, 6.45) is 6.86. The number of benzene rings is 4. The maximum absolute atomic E-state index is 3.73. The second-order valence-corrected chi connectivity index (χ2v) is 11.4. The molecular formula is C33H27BrN4. The number of anilines is 5. The van der Waals surface area contributed by atoms with Gasteiger partial charge in [-0.05, 0) is 60.5 Å². The fourth-order valence-electron chi connectivity index (χ4n) is 6.70. The van der Waals surface area contributed by atoms with Crippen LogP contribution in [0.5, 0.6) is 0 Å². The van der Waals surface area contributed by atoms with Crippen molar-refractivity contribution in [1.82, 2.24) is 4.57 Å². The largest absolute Gasteiger partial charge is 0.335 e. The summed E-state index contributed by atoms with van der Waals surface area (Å²) < 4.78 is 3.66. The first-order chi connectivity index (χ1) is 18.6. The first kappa shape index (κ1) is 22.1. The third kappa shape index (κ3) is 2.91. The van der Waals surface area contributed by atoms with Gasteiger partial charge in [-0.1, -0.05) is 77.5 Å². The Hall–Kier alpha value is -3.96. The third-order valence-electron chi connectivity index (χ3n) is 8.43. The van der Waals surface area contributed by atoms with Crippen LogP contribution in [0.15, 0.2) is 114 Å².